The van der Waals surface area contributed by atoms with Gasteiger partial charge in [-0.3, -0.25) is 9.59 Å². The molecule has 5 nitrogen and oxygen atoms in total. The van der Waals surface area contributed by atoms with Gasteiger partial charge in [-0.2, -0.15) is 0 Å². The van der Waals surface area contributed by atoms with E-state index in [1.54, 1.807) is 36.2 Å². The second kappa shape index (κ2) is 4.97. The minimum absolute atomic E-state index is 0.0519. The second-order valence-electron chi connectivity index (χ2n) is 3.72. The number of amides is 2. The van der Waals surface area contributed by atoms with Crippen LogP contribution in [0.5, 0.6) is 0 Å². The largest absolute Gasteiger partial charge is 0.370 e. The van der Waals surface area contributed by atoms with Crippen LogP contribution in [-0.4, -0.2) is 38.6 Å². The van der Waals surface area contributed by atoms with Crippen molar-refractivity contribution in [2.75, 3.05) is 31.7 Å². The van der Waals surface area contributed by atoms with Crippen LogP contribution in [0.15, 0.2) is 24.3 Å². The van der Waals surface area contributed by atoms with E-state index in [1.165, 1.54) is 0 Å². The van der Waals surface area contributed by atoms with Crippen molar-refractivity contribution in [3.05, 3.63) is 29.8 Å². The predicted octanol–water partition coefficient (Wildman–Crippen LogP) is 0.409. The third-order valence-electron chi connectivity index (χ3n) is 2.65. The molecule has 0 bridgehead atoms. The molecule has 0 radical (unpaired) electrons. The molecule has 0 aromatic heterocycles. The summed E-state index contributed by atoms with van der Waals surface area (Å²) in [5.74, 6) is -0.186. The van der Waals surface area contributed by atoms with E-state index >= 15 is 0 Å². The first kappa shape index (κ1) is 11.6. The van der Waals surface area contributed by atoms with Crippen molar-refractivity contribution < 1.29 is 14.3 Å². The molecule has 1 aromatic carbocycles. The van der Waals surface area contributed by atoms with Gasteiger partial charge in [-0.05, 0) is 24.3 Å². The van der Waals surface area contributed by atoms with Crippen molar-refractivity contribution in [1.29, 1.82) is 0 Å². The maximum atomic E-state index is 11.6. The fourth-order valence-electron chi connectivity index (χ4n) is 1.73. The Morgan fingerprint density at radius 2 is 2.06 bits per heavy atom. The van der Waals surface area contributed by atoms with Crippen molar-refractivity contribution in [2.24, 2.45) is 0 Å². The van der Waals surface area contributed by atoms with E-state index in [0.717, 1.165) is 5.69 Å². The Labute approximate surface area is 99.4 Å². The summed E-state index contributed by atoms with van der Waals surface area (Å²) in [6.07, 6.45) is 0. The topological polar surface area (TPSA) is 58.6 Å². The first-order valence-corrected chi connectivity index (χ1v) is 5.42. The van der Waals surface area contributed by atoms with E-state index in [2.05, 4.69) is 5.32 Å². The molecule has 2 amide bonds. The van der Waals surface area contributed by atoms with Crippen LogP contribution in [-0.2, 0) is 9.53 Å². The third kappa shape index (κ3) is 2.45. The van der Waals surface area contributed by atoms with Gasteiger partial charge in [0.1, 0.15) is 6.61 Å². The molecular formula is C12H14N2O3. The Balaban J connectivity index is 2.17. The Morgan fingerprint density at radius 3 is 2.65 bits per heavy atom. The van der Waals surface area contributed by atoms with Gasteiger partial charge < -0.3 is 15.0 Å². The standard InChI is InChI=1S/C12H14N2O3/c1-13-12(16)9-2-4-10(5-3-9)14-6-7-17-8-11(14)15/h2-5H,6-8H2,1H3,(H,13,16). The summed E-state index contributed by atoms with van der Waals surface area (Å²) in [6.45, 7) is 1.22. The number of nitrogens with zero attached hydrogens (tertiary/aromatic N) is 1. The van der Waals surface area contributed by atoms with Crippen molar-refractivity contribution in [2.45, 2.75) is 0 Å². The highest BCUT2D eigenvalue weighted by atomic mass is 16.5. The Kier molecular flexibility index (Phi) is 3.39. The lowest BCUT2D eigenvalue weighted by atomic mass is 10.2. The number of rotatable bonds is 2. The number of carbonyl (C=O) groups excluding carboxylic acids is 2. The minimum Gasteiger partial charge on any atom is -0.370 e. The second-order valence-corrected chi connectivity index (χ2v) is 3.72. The molecule has 0 saturated carbocycles. The van der Waals surface area contributed by atoms with Gasteiger partial charge in [-0.25, -0.2) is 0 Å². The van der Waals surface area contributed by atoms with Crippen LogP contribution < -0.4 is 10.2 Å². The summed E-state index contributed by atoms with van der Waals surface area (Å²) >= 11 is 0. The molecule has 0 aliphatic carbocycles. The molecule has 1 aliphatic heterocycles. The lowest BCUT2D eigenvalue weighted by molar-refractivity contribution is -0.125. The van der Waals surface area contributed by atoms with Gasteiger partial charge in [-0.1, -0.05) is 0 Å². The van der Waals surface area contributed by atoms with Crippen LogP contribution in [0.1, 0.15) is 10.4 Å². The number of hydrogen-bond acceptors (Lipinski definition) is 3. The number of hydrogen-bond donors (Lipinski definition) is 1. The van der Waals surface area contributed by atoms with Crippen molar-refractivity contribution >= 4 is 17.5 Å². The van der Waals surface area contributed by atoms with Gasteiger partial charge >= 0.3 is 0 Å². The van der Waals surface area contributed by atoms with Crippen LogP contribution in [0.4, 0.5) is 5.69 Å². The maximum absolute atomic E-state index is 11.6. The molecule has 0 spiro atoms. The van der Waals surface area contributed by atoms with Gasteiger partial charge in [0.2, 0.25) is 0 Å². The zero-order valence-electron chi connectivity index (χ0n) is 9.60. The van der Waals surface area contributed by atoms with E-state index in [1.807, 2.05) is 0 Å². The molecular weight excluding hydrogens is 220 g/mol. The van der Waals surface area contributed by atoms with E-state index < -0.39 is 0 Å². The number of anilines is 1. The molecule has 1 fully saturated rings. The highest BCUT2D eigenvalue weighted by molar-refractivity contribution is 5.97. The van der Waals surface area contributed by atoms with E-state index in [0.29, 0.717) is 18.7 Å². The molecule has 1 N–H and O–H groups in total. The van der Waals surface area contributed by atoms with Crippen LogP contribution in [0, 0.1) is 0 Å². The fourth-order valence-corrected chi connectivity index (χ4v) is 1.73. The van der Waals surface area contributed by atoms with Crippen molar-refractivity contribution in [3.8, 4) is 0 Å². The number of nitrogens with one attached hydrogen (secondary N) is 1. The fraction of sp³-hybridized carbons (Fsp3) is 0.333. The number of carbonyl (C=O) groups is 2. The van der Waals surface area contributed by atoms with Crippen LogP contribution in [0.3, 0.4) is 0 Å². The van der Waals surface area contributed by atoms with E-state index in [-0.39, 0.29) is 18.4 Å². The summed E-state index contributed by atoms with van der Waals surface area (Å²) < 4.78 is 5.06. The smallest absolute Gasteiger partial charge is 0.253 e. The number of benzene rings is 1. The quantitative estimate of drug-likeness (QED) is 0.806. The van der Waals surface area contributed by atoms with E-state index in [4.69, 9.17) is 4.74 Å². The van der Waals surface area contributed by atoms with Crippen LogP contribution in [0.2, 0.25) is 0 Å². The Morgan fingerprint density at radius 1 is 1.35 bits per heavy atom. The summed E-state index contributed by atoms with van der Waals surface area (Å²) in [5.41, 5.74) is 1.38. The third-order valence-corrected chi connectivity index (χ3v) is 2.65. The molecule has 90 valence electrons. The SMILES string of the molecule is CNC(=O)c1ccc(N2CCOCC2=O)cc1. The zero-order chi connectivity index (χ0) is 12.3. The molecule has 0 unspecified atom stereocenters. The molecule has 0 atom stereocenters. The highest BCUT2D eigenvalue weighted by Crippen LogP contribution is 2.17. The first-order chi connectivity index (χ1) is 8.22. The van der Waals surface area contributed by atoms with Gasteiger partial charge in [0, 0.05) is 24.8 Å². The van der Waals surface area contributed by atoms with Gasteiger partial charge in [0.25, 0.3) is 11.8 Å². The van der Waals surface area contributed by atoms with Crippen molar-refractivity contribution in [1.82, 2.24) is 5.32 Å². The molecule has 1 heterocycles. The van der Waals surface area contributed by atoms with Gasteiger partial charge in [0.05, 0.1) is 6.61 Å². The molecule has 5 heteroatoms. The number of ether oxygens (including phenoxy) is 1. The van der Waals surface area contributed by atoms with Crippen LogP contribution in [0.25, 0.3) is 0 Å². The van der Waals surface area contributed by atoms with Gasteiger partial charge in [-0.15, -0.1) is 0 Å². The highest BCUT2D eigenvalue weighted by Gasteiger charge is 2.20. The van der Waals surface area contributed by atoms with Gasteiger partial charge in [0.15, 0.2) is 0 Å². The van der Waals surface area contributed by atoms with Crippen LogP contribution >= 0.6 is 0 Å². The lowest BCUT2D eigenvalue weighted by Crippen LogP contribution is -2.41. The summed E-state index contributed by atoms with van der Waals surface area (Å²) in [6, 6.07) is 6.95. The average Bonchev–Trinajstić information content (AvgIpc) is 2.39. The molecule has 1 aliphatic rings. The molecule has 2 rings (SSSR count). The normalized spacial score (nSPS) is 15.8. The minimum atomic E-state index is -0.134. The van der Waals surface area contributed by atoms with Crippen molar-refractivity contribution in [3.63, 3.8) is 0 Å². The summed E-state index contributed by atoms with van der Waals surface area (Å²) in [4.78, 5) is 24.6. The Hall–Kier alpha value is -1.88. The maximum Gasteiger partial charge on any atom is 0.253 e. The molecule has 17 heavy (non-hydrogen) atoms. The first-order valence-electron chi connectivity index (χ1n) is 5.42. The number of morpholine rings is 1. The van der Waals surface area contributed by atoms with E-state index in [9.17, 15) is 9.59 Å². The monoisotopic (exact) mass is 234 g/mol. The zero-order valence-corrected chi connectivity index (χ0v) is 9.60. The molecule has 1 saturated heterocycles. The lowest BCUT2D eigenvalue weighted by Gasteiger charge is -2.26. The average molecular weight is 234 g/mol. The summed E-state index contributed by atoms with van der Waals surface area (Å²) in [7, 11) is 1.59. The predicted molar refractivity (Wildman–Crippen MR) is 63.0 cm³/mol. The Bertz CT molecular complexity index is 428. The summed E-state index contributed by atoms with van der Waals surface area (Å²) in [5, 5.41) is 2.55. The molecule has 1 aromatic rings.